The molecule has 15 heteroatoms. The Kier molecular flexibility index (Phi) is 6.76. The largest absolute Gasteiger partial charge is 0.573 e. The van der Waals surface area contributed by atoms with E-state index in [1.807, 2.05) is 4.98 Å². The number of ether oxygens (including phenoxy) is 1. The number of hydrogen-bond acceptors (Lipinski definition) is 8. The molecule has 2 aromatic heterocycles. The van der Waals surface area contributed by atoms with Gasteiger partial charge in [-0.15, -0.1) is 37.1 Å². The van der Waals surface area contributed by atoms with Crippen molar-refractivity contribution >= 4 is 52.3 Å². The average Bonchev–Trinajstić information content (AvgIpc) is 3.09. The molecule has 0 fully saturated rings. The predicted octanol–water partition coefficient (Wildman–Crippen LogP) is 3.42. The van der Waals surface area contributed by atoms with E-state index in [0.29, 0.717) is 0 Å². The number of nitrogens with zero attached hydrogens (tertiary/aromatic N) is 1. The molecule has 168 valence electrons. The molecule has 3 rings (SSSR count). The van der Waals surface area contributed by atoms with Crippen LogP contribution in [0.5, 0.6) is 5.75 Å². The smallest absolute Gasteiger partial charge is 0.404 e. The summed E-state index contributed by atoms with van der Waals surface area (Å²) in [5.74, 6) is -1.29. The first kappa shape index (κ1) is 23.6. The van der Waals surface area contributed by atoms with Crippen molar-refractivity contribution in [2.75, 3.05) is 5.32 Å². The highest BCUT2D eigenvalue weighted by molar-refractivity contribution is 7.80. The number of alkyl halides is 3. The quantitative estimate of drug-likeness (QED) is 0.198. The van der Waals surface area contributed by atoms with E-state index in [-0.39, 0.29) is 32.0 Å². The zero-order valence-corrected chi connectivity index (χ0v) is 17.9. The lowest BCUT2D eigenvalue weighted by Crippen LogP contribution is -2.30. The molecular formula is C17H11ClF3N5O4S2. The number of aromatic amines is 2. The van der Waals surface area contributed by atoms with Crippen molar-refractivity contribution in [2.45, 2.75) is 17.8 Å². The van der Waals surface area contributed by atoms with Crippen LogP contribution in [0.3, 0.4) is 0 Å². The van der Waals surface area contributed by atoms with Crippen LogP contribution >= 0.6 is 35.6 Å². The molecule has 0 unspecified atom stereocenters. The second kappa shape index (κ2) is 9.18. The molecule has 32 heavy (non-hydrogen) atoms. The molecule has 0 aliphatic heterocycles. The molecular weight excluding hydrogens is 495 g/mol. The summed E-state index contributed by atoms with van der Waals surface area (Å²) < 4.78 is 41.4. The highest BCUT2D eigenvalue weighted by Gasteiger charge is 2.32. The van der Waals surface area contributed by atoms with Crippen molar-refractivity contribution in [3.63, 3.8) is 0 Å². The number of nitrogens with one attached hydrogen (secondary N) is 4. The van der Waals surface area contributed by atoms with E-state index in [1.54, 1.807) is 0 Å². The van der Waals surface area contributed by atoms with Crippen LogP contribution in [-0.2, 0) is 4.79 Å². The number of halogens is 4. The molecule has 0 radical (unpaired) electrons. The summed E-state index contributed by atoms with van der Waals surface area (Å²) in [6.45, 7) is 0. The number of carbonyl (C=O) groups is 1. The molecule has 0 atom stereocenters. The third-order valence-electron chi connectivity index (χ3n) is 3.77. The van der Waals surface area contributed by atoms with Gasteiger partial charge in [-0.25, -0.2) is 9.78 Å². The van der Waals surface area contributed by atoms with Crippen molar-refractivity contribution in [1.82, 2.24) is 15.0 Å². The van der Waals surface area contributed by atoms with Gasteiger partial charge in [-0.1, -0.05) is 17.7 Å². The zero-order valence-electron chi connectivity index (χ0n) is 15.5. The number of rotatable bonds is 6. The lowest BCUT2D eigenvalue weighted by atomic mass is 10.1. The van der Waals surface area contributed by atoms with Crippen molar-refractivity contribution in [1.29, 1.82) is 5.41 Å². The molecule has 0 saturated carbocycles. The van der Waals surface area contributed by atoms with E-state index in [9.17, 15) is 27.6 Å². The monoisotopic (exact) mass is 505 g/mol. The van der Waals surface area contributed by atoms with Crippen molar-refractivity contribution < 1.29 is 22.7 Å². The predicted molar refractivity (Wildman–Crippen MR) is 114 cm³/mol. The van der Waals surface area contributed by atoms with Gasteiger partial charge in [0.05, 0.1) is 33.4 Å². The summed E-state index contributed by atoms with van der Waals surface area (Å²) in [7, 11) is 0. The molecule has 0 bridgehead atoms. The van der Waals surface area contributed by atoms with Crippen LogP contribution in [0.25, 0.3) is 11.3 Å². The van der Waals surface area contributed by atoms with Crippen LogP contribution < -0.4 is 21.3 Å². The first-order valence-corrected chi connectivity index (χ1v) is 10.1. The van der Waals surface area contributed by atoms with Gasteiger partial charge in [0, 0.05) is 10.9 Å². The summed E-state index contributed by atoms with van der Waals surface area (Å²) in [5, 5.41) is 11.6. The van der Waals surface area contributed by atoms with Gasteiger partial charge in [0.2, 0.25) is 5.91 Å². The third kappa shape index (κ3) is 5.77. The van der Waals surface area contributed by atoms with E-state index >= 15 is 0 Å². The molecule has 2 heterocycles. The van der Waals surface area contributed by atoms with E-state index in [2.05, 4.69) is 32.7 Å². The first-order valence-electron chi connectivity index (χ1n) is 8.37. The fraction of sp³-hybridized carbons (Fsp3) is 0.118. The average molecular weight is 506 g/mol. The SMILES string of the molecule is N=C(CC(=O)Nc1nc(-c2ccc(Cl)c(OC(F)(F)F)c2)cs1)c1c(S)[nH]c(=O)[nH]c1=O. The van der Waals surface area contributed by atoms with Crippen LogP contribution in [0.2, 0.25) is 5.02 Å². The van der Waals surface area contributed by atoms with E-state index in [4.69, 9.17) is 17.0 Å². The van der Waals surface area contributed by atoms with Gasteiger partial charge in [0.25, 0.3) is 5.56 Å². The van der Waals surface area contributed by atoms with Gasteiger partial charge in [-0.05, 0) is 12.1 Å². The lowest BCUT2D eigenvalue weighted by Gasteiger charge is -2.11. The first-order chi connectivity index (χ1) is 14.9. The number of carbonyl (C=O) groups excluding carboxylic acids is 1. The molecule has 1 aromatic carbocycles. The maximum atomic E-state index is 12.5. The molecule has 0 spiro atoms. The van der Waals surface area contributed by atoms with Gasteiger partial charge in [0.1, 0.15) is 5.75 Å². The zero-order chi connectivity index (χ0) is 23.6. The minimum Gasteiger partial charge on any atom is -0.404 e. The van der Waals surface area contributed by atoms with Crippen molar-refractivity contribution in [3.05, 3.63) is 55.0 Å². The molecule has 0 aliphatic rings. The number of amides is 1. The number of anilines is 1. The van der Waals surface area contributed by atoms with Crippen LogP contribution in [-0.4, -0.2) is 32.9 Å². The Hall–Kier alpha value is -3.10. The van der Waals surface area contributed by atoms with Crippen LogP contribution in [0, 0.1) is 5.41 Å². The Morgan fingerprint density at radius 2 is 2.03 bits per heavy atom. The van der Waals surface area contributed by atoms with E-state index < -0.39 is 41.4 Å². The van der Waals surface area contributed by atoms with Gasteiger partial charge < -0.3 is 20.4 Å². The summed E-state index contributed by atoms with van der Waals surface area (Å²) in [4.78, 5) is 43.5. The Morgan fingerprint density at radius 3 is 2.69 bits per heavy atom. The lowest BCUT2D eigenvalue weighted by molar-refractivity contribution is -0.274. The number of H-pyrrole nitrogens is 2. The topological polar surface area (TPSA) is 141 Å². The summed E-state index contributed by atoms with van der Waals surface area (Å²) in [6.07, 6.45) is -5.45. The number of hydrogen-bond donors (Lipinski definition) is 5. The Balaban J connectivity index is 1.72. The molecule has 1 amide bonds. The second-order valence-electron chi connectivity index (χ2n) is 6.07. The van der Waals surface area contributed by atoms with E-state index in [0.717, 1.165) is 17.4 Å². The molecule has 4 N–H and O–H groups in total. The number of thiol groups is 1. The van der Waals surface area contributed by atoms with Crippen LogP contribution in [0.4, 0.5) is 18.3 Å². The van der Waals surface area contributed by atoms with Crippen LogP contribution in [0.15, 0.2) is 38.2 Å². The summed E-state index contributed by atoms with van der Waals surface area (Å²) >= 11 is 10.6. The molecule has 9 nitrogen and oxygen atoms in total. The van der Waals surface area contributed by atoms with Gasteiger partial charge in [-0.3, -0.25) is 14.6 Å². The van der Waals surface area contributed by atoms with Crippen LogP contribution in [0.1, 0.15) is 12.0 Å². The third-order valence-corrected chi connectivity index (χ3v) is 5.17. The molecule has 0 saturated heterocycles. The van der Waals surface area contributed by atoms with E-state index in [1.165, 1.54) is 17.5 Å². The normalized spacial score (nSPS) is 11.3. The van der Waals surface area contributed by atoms with Gasteiger partial charge in [0.15, 0.2) is 5.13 Å². The molecule has 0 aliphatic carbocycles. The maximum Gasteiger partial charge on any atom is 0.573 e. The summed E-state index contributed by atoms with van der Waals surface area (Å²) in [5.41, 5.74) is -1.82. The van der Waals surface area contributed by atoms with Gasteiger partial charge in [-0.2, -0.15) is 0 Å². The summed E-state index contributed by atoms with van der Waals surface area (Å²) in [6, 6.07) is 3.70. The Labute approximate surface area is 190 Å². The maximum absolute atomic E-state index is 12.5. The van der Waals surface area contributed by atoms with Crippen molar-refractivity contribution in [2.24, 2.45) is 0 Å². The standard InChI is InChI=1S/C17H11ClF3N5O4S2/c18-7-2-1-6(3-10(7)30-17(19,20)21)9-5-32-16(23-9)24-11(27)4-8(22)12-13(28)25-15(29)26-14(12)31/h1-3,5,22H,4H2,(H,23,24,27)(H3,25,26,28,29,31). The Morgan fingerprint density at radius 1 is 1.31 bits per heavy atom. The fourth-order valence-corrected chi connectivity index (χ4v) is 3.73. The highest BCUT2D eigenvalue weighted by Crippen LogP contribution is 2.35. The Bertz CT molecular complexity index is 1320. The molecule has 3 aromatic rings. The minimum absolute atomic E-state index is 0.104. The minimum atomic E-state index is -4.92. The number of benzene rings is 1. The van der Waals surface area contributed by atoms with Gasteiger partial charge >= 0.3 is 12.1 Å². The second-order valence-corrected chi connectivity index (χ2v) is 7.78. The fourth-order valence-electron chi connectivity index (χ4n) is 2.50. The highest BCUT2D eigenvalue weighted by atomic mass is 35.5. The van der Waals surface area contributed by atoms with Crippen molar-refractivity contribution in [3.8, 4) is 17.0 Å². The number of thiazole rings is 1. The number of aromatic nitrogens is 3.